The molecule has 86 valence electrons. The van der Waals surface area contributed by atoms with Gasteiger partial charge in [0, 0.05) is 16.6 Å². The number of thiophene rings is 1. The van der Waals surface area contributed by atoms with Gasteiger partial charge in [-0.2, -0.15) is 0 Å². The van der Waals surface area contributed by atoms with Crippen LogP contribution in [-0.4, -0.2) is 5.88 Å². The second-order valence-electron chi connectivity index (χ2n) is 3.74. The second-order valence-corrected chi connectivity index (χ2v) is 5.03. The van der Waals surface area contributed by atoms with Crippen LogP contribution in [0.25, 0.3) is 10.1 Å². The Kier molecular flexibility index (Phi) is 4.18. The standard InChI is InChI=1S/C12H15ClN2S/c13-7-2-5-11(15-14)10-4-1-3-9-6-8-16-12(9)10/h1,3-4,6,8,11,15H,2,5,7,14H2. The fraction of sp³-hybridized carbons (Fsp3) is 0.333. The summed E-state index contributed by atoms with van der Waals surface area (Å²) in [6, 6.07) is 8.68. The maximum atomic E-state index is 5.72. The molecule has 0 aliphatic heterocycles. The SMILES string of the molecule is NNC(CCCCl)c1cccc2ccsc12. The van der Waals surface area contributed by atoms with E-state index in [0.29, 0.717) is 5.88 Å². The summed E-state index contributed by atoms with van der Waals surface area (Å²) >= 11 is 7.48. The van der Waals surface area contributed by atoms with Crippen LogP contribution in [0.1, 0.15) is 24.4 Å². The number of hydrazine groups is 1. The van der Waals surface area contributed by atoms with Crippen molar-refractivity contribution in [2.24, 2.45) is 5.84 Å². The molecule has 0 bridgehead atoms. The molecule has 0 spiro atoms. The van der Waals surface area contributed by atoms with Crippen LogP contribution < -0.4 is 11.3 Å². The minimum Gasteiger partial charge on any atom is -0.271 e. The minimum atomic E-state index is 0.195. The topological polar surface area (TPSA) is 38.0 Å². The van der Waals surface area contributed by atoms with Crippen LogP contribution in [0.4, 0.5) is 0 Å². The lowest BCUT2D eigenvalue weighted by molar-refractivity contribution is 0.515. The van der Waals surface area contributed by atoms with Crippen molar-refractivity contribution in [3.63, 3.8) is 0 Å². The highest BCUT2D eigenvalue weighted by Gasteiger charge is 2.12. The Balaban J connectivity index is 2.32. The molecule has 16 heavy (non-hydrogen) atoms. The van der Waals surface area contributed by atoms with Crippen molar-refractivity contribution in [1.29, 1.82) is 0 Å². The summed E-state index contributed by atoms with van der Waals surface area (Å²) in [6.45, 7) is 0. The van der Waals surface area contributed by atoms with Gasteiger partial charge in [-0.3, -0.25) is 11.3 Å². The molecular formula is C12H15ClN2S. The Morgan fingerprint density at radius 1 is 1.38 bits per heavy atom. The molecule has 3 N–H and O–H groups in total. The number of nitrogens with one attached hydrogen (secondary N) is 1. The highest BCUT2D eigenvalue weighted by molar-refractivity contribution is 7.17. The van der Waals surface area contributed by atoms with Crippen molar-refractivity contribution in [1.82, 2.24) is 5.43 Å². The maximum absolute atomic E-state index is 5.72. The Bertz CT molecular complexity index is 455. The molecule has 4 heteroatoms. The van der Waals surface area contributed by atoms with E-state index in [0.717, 1.165) is 12.8 Å². The molecule has 1 aromatic carbocycles. The van der Waals surface area contributed by atoms with Gasteiger partial charge < -0.3 is 0 Å². The van der Waals surface area contributed by atoms with Crippen molar-refractivity contribution >= 4 is 33.0 Å². The zero-order valence-corrected chi connectivity index (χ0v) is 10.5. The molecule has 1 aromatic heterocycles. The van der Waals surface area contributed by atoms with Gasteiger partial charge >= 0.3 is 0 Å². The average molecular weight is 255 g/mol. The molecule has 2 rings (SSSR count). The van der Waals surface area contributed by atoms with E-state index in [2.05, 4.69) is 35.1 Å². The molecule has 0 fully saturated rings. The van der Waals surface area contributed by atoms with Gasteiger partial charge in [0.25, 0.3) is 0 Å². The van der Waals surface area contributed by atoms with E-state index in [1.807, 2.05) is 0 Å². The lowest BCUT2D eigenvalue weighted by atomic mass is 10.0. The monoisotopic (exact) mass is 254 g/mol. The summed E-state index contributed by atoms with van der Waals surface area (Å²) in [7, 11) is 0. The van der Waals surface area contributed by atoms with E-state index in [1.54, 1.807) is 11.3 Å². The number of halogens is 1. The van der Waals surface area contributed by atoms with Gasteiger partial charge in [0.1, 0.15) is 0 Å². The van der Waals surface area contributed by atoms with Gasteiger partial charge in [-0.15, -0.1) is 22.9 Å². The van der Waals surface area contributed by atoms with Crippen LogP contribution in [0.5, 0.6) is 0 Å². The summed E-state index contributed by atoms with van der Waals surface area (Å²) in [5.74, 6) is 6.30. The summed E-state index contributed by atoms with van der Waals surface area (Å²) in [5.41, 5.74) is 4.16. The molecule has 1 atom stereocenters. The van der Waals surface area contributed by atoms with E-state index in [1.165, 1.54) is 15.6 Å². The maximum Gasteiger partial charge on any atom is 0.0474 e. The van der Waals surface area contributed by atoms with E-state index >= 15 is 0 Å². The van der Waals surface area contributed by atoms with E-state index < -0.39 is 0 Å². The zero-order chi connectivity index (χ0) is 11.4. The molecule has 0 amide bonds. The number of hydrogen-bond acceptors (Lipinski definition) is 3. The van der Waals surface area contributed by atoms with Crippen LogP contribution in [0.2, 0.25) is 0 Å². The molecule has 1 unspecified atom stereocenters. The quantitative estimate of drug-likeness (QED) is 0.487. The van der Waals surface area contributed by atoms with Crippen molar-refractivity contribution in [2.45, 2.75) is 18.9 Å². The molecule has 2 aromatic rings. The Morgan fingerprint density at radius 2 is 2.25 bits per heavy atom. The smallest absolute Gasteiger partial charge is 0.0474 e. The molecule has 0 saturated heterocycles. The summed E-state index contributed by atoms with van der Waals surface area (Å²) in [5, 5.41) is 3.40. The van der Waals surface area contributed by atoms with Gasteiger partial charge in [0.05, 0.1) is 0 Å². The number of nitrogens with two attached hydrogens (primary N) is 1. The van der Waals surface area contributed by atoms with E-state index in [9.17, 15) is 0 Å². The van der Waals surface area contributed by atoms with E-state index in [-0.39, 0.29) is 6.04 Å². The van der Waals surface area contributed by atoms with Crippen molar-refractivity contribution in [3.8, 4) is 0 Å². The molecule has 0 aliphatic rings. The molecular weight excluding hydrogens is 240 g/mol. The Labute approximate surface area is 104 Å². The lowest BCUT2D eigenvalue weighted by Gasteiger charge is -2.16. The van der Waals surface area contributed by atoms with E-state index in [4.69, 9.17) is 17.4 Å². The van der Waals surface area contributed by atoms with Gasteiger partial charge in [0.2, 0.25) is 0 Å². The van der Waals surface area contributed by atoms with Crippen LogP contribution in [-0.2, 0) is 0 Å². The predicted octanol–water partition coefficient (Wildman–Crippen LogP) is 3.42. The summed E-state index contributed by atoms with van der Waals surface area (Å²) < 4.78 is 1.32. The first kappa shape index (κ1) is 11.9. The van der Waals surface area contributed by atoms with Gasteiger partial charge in [0.15, 0.2) is 0 Å². The van der Waals surface area contributed by atoms with Crippen LogP contribution in [0.3, 0.4) is 0 Å². The molecule has 0 radical (unpaired) electrons. The van der Waals surface area contributed by atoms with Crippen molar-refractivity contribution < 1.29 is 0 Å². The van der Waals surface area contributed by atoms with Crippen molar-refractivity contribution in [2.75, 3.05) is 5.88 Å². The van der Waals surface area contributed by atoms with Crippen LogP contribution in [0, 0.1) is 0 Å². The number of benzene rings is 1. The predicted molar refractivity (Wildman–Crippen MR) is 71.8 cm³/mol. The third kappa shape index (κ3) is 2.38. The zero-order valence-electron chi connectivity index (χ0n) is 8.95. The molecule has 2 nitrogen and oxygen atoms in total. The normalized spacial score (nSPS) is 13.1. The first-order valence-electron chi connectivity index (χ1n) is 5.35. The third-order valence-electron chi connectivity index (χ3n) is 2.71. The molecule has 0 aliphatic carbocycles. The average Bonchev–Trinajstić information content (AvgIpc) is 2.78. The third-order valence-corrected chi connectivity index (χ3v) is 3.96. The molecule has 0 saturated carbocycles. The first-order valence-corrected chi connectivity index (χ1v) is 6.76. The van der Waals surface area contributed by atoms with Crippen LogP contribution >= 0.6 is 22.9 Å². The fourth-order valence-electron chi connectivity index (χ4n) is 1.90. The summed E-state index contributed by atoms with van der Waals surface area (Å²) in [6.07, 6.45) is 1.94. The minimum absolute atomic E-state index is 0.195. The number of hydrogen-bond donors (Lipinski definition) is 2. The van der Waals surface area contributed by atoms with Gasteiger partial charge in [-0.1, -0.05) is 18.2 Å². The van der Waals surface area contributed by atoms with Crippen molar-refractivity contribution in [3.05, 3.63) is 35.2 Å². The lowest BCUT2D eigenvalue weighted by Crippen LogP contribution is -2.28. The van der Waals surface area contributed by atoms with Crippen LogP contribution in [0.15, 0.2) is 29.6 Å². The fourth-order valence-corrected chi connectivity index (χ4v) is 3.02. The largest absolute Gasteiger partial charge is 0.271 e. The highest BCUT2D eigenvalue weighted by atomic mass is 35.5. The summed E-state index contributed by atoms with van der Waals surface area (Å²) in [4.78, 5) is 0. The first-order chi connectivity index (χ1) is 7.86. The van der Waals surface area contributed by atoms with Gasteiger partial charge in [-0.05, 0) is 35.2 Å². The molecule has 1 heterocycles. The van der Waals surface area contributed by atoms with Gasteiger partial charge in [-0.25, -0.2) is 0 Å². The second kappa shape index (κ2) is 5.64. The highest BCUT2D eigenvalue weighted by Crippen LogP contribution is 2.30. The number of rotatable bonds is 5. The Morgan fingerprint density at radius 3 is 3.00 bits per heavy atom. The number of fused-ring (bicyclic) bond motifs is 1. The number of alkyl halides is 1. The Hall–Kier alpha value is -0.610.